The van der Waals surface area contributed by atoms with Crippen molar-refractivity contribution in [2.75, 3.05) is 26.0 Å². The fraction of sp³-hybridized carbons (Fsp3) is 0.316. The molecule has 1 aliphatic rings. The minimum Gasteiger partial charge on any atom is -0.496 e. The van der Waals surface area contributed by atoms with Gasteiger partial charge in [0.15, 0.2) is 0 Å². The quantitative estimate of drug-likeness (QED) is 0.696. The number of anilines is 1. The molecular formula is C19H17ClF4N2O3. The van der Waals surface area contributed by atoms with Crippen LogP contribution in [0, 0.1) is 5.82 Å². The second kappa shape index (κ2) is 7.72. The van der Waals surface area contributed by atoms with Gasteiger partial charge in [0, 0.05) is 23.3 Å². The molecule has 3 rings (SSSR count). The Balaban J connectivity index is 2.14. The van der Waals surface area contributed by atoms with Crippen LogP contribution in [0.25, 0.3) is 0 Å². The van der Waals surface area contributed by atoms with Gasteiger partial charge < -0.3 is 19.7 Å². The number of methoxy groups -OCH3 is 1. The Morgan fingerprint density at radius 1 is 1.28 bits per heavy atom. The third-order valence-electron chi connectivity index (χ3n) is 4.68. The summed E-state index contributed by atoms with van der Waals surface area (Å²) in [7, 11) is 2.48. The molecule has 0 fully saturated rings. The molecule has 0 saturated carbocycles. The number of benzene rings is 2. The van der Waals surface area contributed by atoms with Crippen LogP contribution in [-0.4, -0.2) is 37.8 Å². The molecule has 0 aliphatic carbocycles. The number of hydrogen-bond acceptors (Lipinski definition) is 3. The molecule has 0 aromatic heterocycles. The number of hydrogen-bond donors (Lipinski definition) is 1. The second-order valence-electron chi connectivity index (χ2n) is 6.51. The molecule has 2 aromatic carbocycles. The number of ether oxygens (including phenoxy) is 2. The highest BCUT2D eigenvalue weighted by Gasteiger charge is 2.60. The molecular weight excluding hydrogens is 416 g/mol. The molecule has 156 valence electrons. The third kappa shape index (κ3) is 3.84. The molecule has 0 saturated heterocycles. The van der Waals surface area contributed by atoms with E-state index in [1.807, 2.05) is 0 Å². The highest BCUT2D eigenvalue weighted by Crippen LogP contribution is 2.48. The number of likely N-dealkylation sites (N-methyl/N-ethyl adjacent to an activating group) is 1. The van der Waals surface area contributed by atoms with Crippen LogP contribution in [0.15, 0.2) is 36.4 Å². The lowest BCUT2D eigenvalue weighted by atomic mass is 9.90. The number of alkyl halides is 3. The normalized spacial score (nSPS) is 19.4. The lowest BCUT2D eigenvalue weighted by Gasteiger charge is -2.37. The van der Waals surface area contributed by atoms with Gasteiger partial charge in [-0.2, -0.15) is 13.2 Å². The van der Waals surface area contributed by atoms with E-state index in [-0.39, 0.29) is 27.6 Å². The molecule has 0 bridgehead atoms. The van der Waals surface area contributed by atoms with E-state index in [0.29, 0.717) is 0 Å². The number of rotatable bonds is 4. The van der Waals surface area contributed by atoms with Gasteiger partial charge in [0.25, 0.3) is 0 Å². The van der Waals surface area contributed by atoms with Gasteiger partial charge in [-0.25, -0.2) is 9.18 Å². The summed E-state index contributed by atoms with van der Waals surface area (Å²) in [4.78, 5) is 13.0. The van der Waals surface area contributed by atoms with Crippen LogP contribution in [0.1, 0.15) is 11.1 Å². The van der Waals surface area contributed by atoms with Crippen molar-refractivity contribution in [1.82, 2.24) is 4.90 Å². The maximum atomic E-state index is 14.4. The van der Waals surface area contributed by atoms with E-state index in [0.717, 1.165) is 17.0 Å². The first kappa shape index (κ1) is 21.2. The second-order valence-corrected chi connectivity index (χ2v) is 6.95. The van der Waals surface area contributed by atoms with Gasteiger partial charge in [-0.15, -0.1) is 0 Å². The zero-order valence-electron chi connectivity index (χ0n) is 15.4. The molecule has 10 heteroatoms. The summed E-state index contributed by atoms with van der Waals surface area (Å²) in [6.07, 6.45) is -4.95. The lowest BCUT2D eigenvalue weighted by molar-refractivity contribution is -0.291. The first-order valence-electron chi connectivity index (χ1n) is 8.43. The number of carbonyl (C=O) groups excluding carboxylic acids is 1. The number of amides is 2. The van der Waals surface area contributed by atoms with Crippen LogP contribution in [-0.2, 0) is 16.9 Å². The molecule has 5 nitrogen and oxygen atoms in total. The van der Waals surface area contributed by atoms with Crippen molar-refractivity contribution in [2.24, 2.45) is 0 Å². The van der Waals surface area contributed by atoms with Gasteiger partial charge in [-0.1, -0.05) is 17.7 Å². The Bertz CT molecular complexity index is 938. The number of halogens is 5. The SMILES string of the molecule is COc1cccc(F)c1CO[C@]1(C(F)(F)F)CN(C)C(=O)Nc2ccc(Cl)cc21. The zero-order valence-corrected chi connectivity index (χ0v) is 16.2. The fourth-order valence-electron chi connectivity index (χ4n) is 3.17. The topological polar surface area (TPSA) is 50.8 Å². The Kier molecular flexibility index (Phi) is 5.64. The molecule has 2 amide bonds. The van der Waals surface area contributed by atoms with Gasteiger partial charge in [0.05, 0.1) is 25.8 Å². The average Bonchev–Trinajstić information content (AvgIpc) is 2.75. The highest BCUT2D eigenvalue weighted by atomic mass is 35.5. The number of urea groups is 1. The summed E-state index contributed by atoms with van der Waals surface area (Å²) < 4.78 is 67.9. The minimum absolute atomic E-state index is 0.0308. The van der Waals surface area contributed by atoms with Gasteiger partial charge in [-0.05, 0) is 30.3 Å². The summed E-state index contributed by atoms with van der Waals surface area (Å²) >= 11 is 5.94. The van der Waals surface area contributed by atoms with E-state index in [1.165, 1.54) is 38.4 Å². The van der Waals surface area contributed by atoms with E-state index in [1.54, 1.807) is 0 Å². The van der Waals surface area contributed by atoms with Crippen LogP contribution in [0.2, 0.25) is 5.02 Å². The van der Waals surface area contributed by atoms with Gasteiger partial charge in [0.2, 0.25) is 5.60 Å². The van der Waals surface area contributed by atoms with Crippen molar-refractivity contribution < 1.29 is 31.8 Å². The maximum Gasteiger partial charge on any atom is 0.423 e. The largest absolute Gasteiger partial charge is 0.496 e. The molecule has 0 unspecified atom stereocenters. The van der Waals surface area contributed by atoms with Crippen LogP contribution in [0.5, 0.6) is 5.75 Å². The molecule has 1 atom stereocenters. The van der Waals surface area contributed by atoms with Crippen LogP contribution in [0.4, 0.5) is 28.0 Å². The minimum atomic E-state index is -4.95. The Morgan fingerprint density at radius 3 is 2.66 bits per heavy atom. The molecule has 29 heavy (non-hydrogen) atoms. The Labute approximate surface area is 169 Å². The van der Waals surface area contributed by atoms with Crippen molar-refractivity contribution in [1.29, 1.82) is 0 Å². The molecule has 1 N–H and O–H groups in total. The average molecular weight is 433 g/mol. The molecule has 0 spiro atoms. The summed E-state index contributed by atoms with van der Waals surface area (Å²) in [5.41, 5.74) is -3.59. The fourth-order valence-corrected chi connectivity index (χ4v) is 3.35. The molecule has 1 heterocycles. The van der Waals surface area contributed by atoms with E-state index in [9.17, 15) is 22.4 Å². The molecule has 1 aliphatic heterocycles. The van der Waals surface area contributed by atoms with Crippen LogP contribution < -0.4 is 10.1 Å². The summed E-state index contributed by atoms with van der Waals surface area (Å²) in [6, 6.07) is 6.84. The molecule has 2 aromatic rings. The van der Waals surface area contributed by atoms with E-state index < -0.39 is 36.8 Å². The number of nitrogens with one attached hydrogen (secondary N) is 1. The number of fused-ring (bicyclic) bond motifs is 1. The predicted octanol–water partition coefficient (Wildman–Crippen LogP) is 4.94. The van der Waals surface area contributed by atoms with Crippen molar-refractivity contribution >= 4 is 23.3 Å². The van der Waals surface area contributed by atoms with Crippen molar-refractivity contribution in [3.63, 3.8) is 0 Å². The van der Waals surface area contributed by atoms with Crippen LogP contribution >= 0.6 is 11.6 Å². The smallest absolute Gasteiger partial charge is 0.423 e. The maximum absolute atomic E-state index is 14.4. The van der Waals surface area contributed by atoms with Gasteiger partial charge in [0.1, 0.15) is 11.6 Å². The monoisotopic (exact) mass is 432 g/mol. The summed E-state index contributed by atoms with van der Waals surface area (Å²) in [6.45, 7) is -1.60. The number of nitrogens with zero attached hydrogens (tertiary/aromatic N) is 1. The van der Waals surface area contributed by atoms with Gasteiger partial charge >= 0.3 is 12.2 Å². The van der Waals surface area contributed by atoms with Crippen molar-refractivity contribution in [3.05, 3.63) is 58.4 Å². The molecule has 0 radical (unpaired) electrons. The first-order chi connectivity index (χ1) is 13.6. The van der Waals surface area contributed by atoms with E-state index in [4.69, 9.17) is 21.1 Å². The van der Waals surface area contributed by atoms with Crippen molar-refractivity contribution in [2.45, 2.75) is 18.4 Å². The van der Waals surface area contributed by atoms with Gasteiger partial charge in [-0.3, -0.25) is 0 Å². The Morgan fingerprint density at radius 2 is 2.00 bits per heavy atom. The highest BCUT2D eigenvalue weighted by molar-refractivity contribution is 6.30. The Hall–Kier alpha value is -2.52. The zero-order chi connectivity index (χ0) is 21.4. The van der Waals surface area contributed by atoms with Crippen LogP contribution in [0.3, 0.4) is 0 Å². The summed E-state index contributed by atoms with van der Waals surface area (Å²) in [5, 5.41) is 2.44. The van der Waals surface area contributed by atoms with E-state index in [2.05, 4.69) is 5.32 Å². The predicted molar refractivity (Wildman–Crippen MR) is 98.6 cm³/mol. The summed E-state index contributed by atoms with van der Waals surface area (Å²) in [5.74, 6) is -0.728. The third-order valence-corrected chi connectivity index (χ3v) is 4.92. The first-order valence-corrected chi connectivity index (χ1v) is 8.81. The van der Waals surface area contributed by atoms with E-state index >= 15 is 0 Å². The number of carbonyl (C=O) groups is 1. The van der Waals surface area contributed by atoms with Crippen molar-refractivity contribution in [3.8, 4) is 5.75 Å². The standard InChI is InChI=1S/C19H17ClF4N2O3/c1-26-10-18(19(22,23)24,13-8-11(20)6-7-15(13)25-17(26)27)29-9-12-14(21)4-3-5-16(12)28-2/h3-8H,9-10H2,1-2H3,(H,25,27)/t18-/m1/s1. The lowest BCUT2D eigenvalue weighted by Crippen LogP contribution is -2.52.